The van der Waals surface area contributed by atoms with Crippen molar-refractivity contribution in [3.63, 3.8) is 0 Å². The van der Waals surface area contributed by atoms with Crippen LogP contribution in [0.15, 0.2) is 58.7 Å². The van der Waals surface area contributed by atoms with Crippen molar-refractivity contribution in [3.05, 3.63) is 75.4 Å². The van der Waals surface area contributed by atoms with Gasteiger partial charge in [-0.25, -0.2) is 9.37 Å². The zero-order valence-electron chi connectivity index (χ0n) is 15.2. The van der Waals surface area contributed by atoms with E-state index in [0.717, 1.165) is 16.7 Å². The molecule has 0 saturated heterocycles. The molecule has 0 aliphatic rings. The van der Waals surface area contributed by atoms with E-state index in [1.54, 1.807) is 0 Å². The second-order valence-corrected chi connectivity index (χ2v) is 7.43. The highest BCUT2D eigenvalue weighted by molar-refractivity contribution is 7.17. The summed E-state index contributed by atoms with van der Waals surface area (Å²) in [6, 6.07) is 15.6. The molecule has 0 bridgehead atoms. The Kier molecular flexibility index (Phi) is 4.62. The van der Waals surface area contributed by atoms with Crippen molar-refractivity contribution in [3.8, 4) is 22.5 Å². The molecule has 0 N–H and O–H groups in total. The normalized spacial score (nSPS) is 11.2. The number of aryl methyl sites for hydroxylation is 2. The summed E-state index contributed by atoms with van der Waals surface area (Å²) in [5.41, 5.74) is 4.85. The third kappa shape index (κ3) is 3.08. The quantitative estimate of drug-likeness (QED) is 0.478. The van der Waals surface area contributed by atoms with Crippen LogP contribution in [0.5, 0.6) is 0 Å². The van der Waals surface area contributed by atoms with E-state index in [0.29, 0.717) is 16.0 Å². The van der Waals surface area contributed by atoms with Crippen molar-refractivity contribution in [1.82, 2.24) is 9.55 Å². The van der Waals surface area contributed by atoms with Gasteiger partial charge in [-0.3, -0.25) is 9.36 Å². The van der Waals surface area contributed by atoms with E-state index >= 15 is 0 Å². The van der Waals surface area contributed by atoms with Gasteiger partial charge in [-0.15, -0.1) is 11.3 Å². The molecular weight excluding hydrogens is 359 g/mol. The first-order valence-electron chi connectivity index (χ1n) is 8.81. The van der Waals surface area contributed by atoms with Crippen LogP contribution in [0.4, 0.5) is 4.39 Å². The number of rotatable bonds is 4. The van der Waals surface area contributed by atoms with Crippen LogP contribution < -0.4 is 5.56 Å². The fourth-order valence-electron chi connectivity index (χ4n) is 3.25. The molecule has 0 amide bonds. The van der Waals surface area contributed by atoms with Crippen molar-refractivity contribution in [2.75, 3.05) is 6.67 Å². The number of alkyl halides is 1. The predicted octanol–water partition coefficient (Wildman–Crippen LogP) is 5.38. The van der Waals surface area contributed by atoms with E-state index in [1.165, 1.54) is 27.0 Å². The van der Waals surface area contributed by atoms with Crippen LogP contribution in [0.2, 0.25) is 0 Å². The van der Waals surface area contributed by atoms with E-state index in [4.69, 9.17) is 4.98 Å². The summed E-state index contributed by atoms with van der Waals surface area (Å²) in [6.45, 7) is 3.50. The SMILES string of the molecule is Cc1ccc(-c2csc3nc(-c4ccccc4)n(CCF)c(=O)c23)cc1C. The summed E-state index contributed by atoms with van der Waals surface area (Å²) in [5, 5.41) is 2.54. The zero-order valence-corrected chi connectivity index (χ0v) is 16.0. The summed E-state index contributed by atoms with van der Waals surface area (Å²) in [5.74, 6) is 0.513. The minimum absolute atomic E-state index is 0.00574. The summed E-state index contributed by atoms with van der Waals surface area (Å²) < 4.78 is 14.7. The molecule has 2 heterocycles. The summed E-state index contributed by atoms with van der Waals surface area (Å²) in [6.07, 6.45) is 0. The van der Waals surface area contributed by atoms with Gasteiger partial charge in [-0.2, -0.15) is 0 Å². The molecule has 2 aromatic heterocycles. The first-order valence-corrected chi connectivity index (χ1v) is 9.69. The third-order valence-electron chi connectivity index (χ3n) is 4.85. The van der Waals surface area contributed by atoms with Gasteiger partial charge in [0.1, 0.15) is 17.3 Å². The van der Waals surface area contributed by atoms with Crippen LogP contribution in [0, 0.1) is 13.8 Å². The lowest BCUT2D eigenvalue weighted by atomic mass is 10.0. The summed E-state index contributed by atoms with van der Waals surface area (Å²) >= 11 is 1.45. The maximum Gasteiger partial charge on any atom is 0.263 e. The van der Waals surface area contributed by atoms with Gasteiger partial charge in [-0.1, -0.05) is 48.5 Å². The van der Waals surface area contributed by atoms with E-state index < -0.39 is 6.67 Å². The van der Waals surface area contributed by atoms with E-state index in [2.05, 4.69) is 26.0 Å². The minimum Gasteiger partial charge on any atom is -0.289 e. The van der Waals surface area contributed by atoms with Crippen molar-refractivity contribution in [2.45, 2.75) is 20.4 Å². The molecule has 0 aliphatic carbocycles. The van der Waals surface area contributed by atoms with E-state index in [1.807, 2.05) is 41.8 Å². The molecule has 0 radical (unpaired) electrons. The summed E-state index contributed by atoms with van der Waals surface area (Å²) in [7, 11) is 0. The Balaban J connectivity index is 1.99. The van der Waals surface area contributed by atoms with Gasteiger partial charge in [0.15, 0.2) is 0 Å². The Morgan fingerprint density at radius 1 is 1.04 bits per heavy atom. The van der Waals surface area contributed by atoms with Gasteiger partial charge in [0, 0.05) is 16.5 Å². The lowest BCUT2D eigenvalue weighted by Crippen LogP contribution is -2.24. The molecule has 5 heteroatoms. The Bertz CT molecular complexity index is 1180. The highest BCUT2D eigenvalue weighted by atomic mass is 32.1. The first-order chi connectivity index (χ1) is 13.1. The van der Waals surface area contributed by atoms with Crippen LogP contribution in [0.3, 0.4) is 0 Å². The molecule has 0 aliphatic heterocycles. The lowest BCUT2D eigenvalue weighted by Gasteiger charge is -2.12. The van der Waals surface area contributed by atoms with Crippen LogP contribution in [0.25, 0.3) is 32.7 Å². The number of halogens is 1. The molecule has 0 atom stereocenters. The number of fused-ring (bicyclic) bond motifs is 1. The van der Waals surface area contributed by atoms with Gasteiger partial charge in [-0.05, 0) is 30.5 Å². The van der Waals surface area contributed by atoms with Crippen LogP contribution >= 0.6 is 11.3 Å². The highest BCUT2D eigenvalue weighted by Crippen LogP contribution is 2.33. The smallest absolute Gasteiger partial charge is 0.263 e. The molecule has 0 unspecified atom stereocenters. The van der Waals surface area contributed by atoms with Crippen LogP contribution in [-0.2, 0) is 6.54 Å². The standard InChI is InChI=1S/C22H19FN2OS/c1-14-8-9-17(12-15(14)2)18-13-27-21-19(18)22(26)25(11-10-23)20(24-21)16-6-4-3-5-7-16/h3-9,12-13H,10-11H2,1-2H3. The average Bonchev–Trinajstić information content (AvgIpc) is 3.11. The van der Waals surface area contributed by atoms with Crippen molar-refractivity contribution >= 4 is 21.6 Å². The molecule has 136 valence electrons. The van der Waals surface area contributed by atoms with Gasteiger partial charge < -0.3 is 0 Å². The number of thiophene rings is 1. The molecule has 27 heavy (non-hydrogen) atoms. The predicted molar refractivity (Wildman–Crippen MR) is 110 cm³/mol. The molecule has 0 saturated carbocycles. The number of nitrogens with zero attached hydrogens (tertiary/aromatic N) is 2. The monoisotopic (exact) mass is 378 g/mol. The maximum atomic E-state index is 13.3. The third-order valence-corrected chi connectivity index (χ3v) is 5.72. The molecule has 3 nitrogen and oxygen atoms in total. The molecule has 4 aromatic rings. The van der Waals surface area contributed by atoms with Crippen molar-refractivity contribution in [2.24, 2.45) is 0 Å². The average molecular weight is 378 g/mol. The van der Waals surface area contributed by atoms with E-state index in [-0.39, 0.29) is 12.1 Å². The number of aromatic nitrogens is 2. The van der Waals surface area contributed by atoms with Gasteiger partial charge in [0.05, 0.1) is 11.9 Å². The number of hydrogen-bond donors (Lipinski definition) is 0. The van der Waals surface area contributed by atoms with Gasteiger partial charge >= 0.3 is 0 Å². The van der Waals surface area contributed by atoms with Gasteiger partial charge in [0.2, 0.25) is 0 Å². The zero-order chi connectivity index (χ0) is 19.0. The minimum atomic E-state index is -0.615. The van der Waals surface area contributed by atoms with Crippen molar-refractivity contribution < 1.29 is 4.39 Å². The number of benzene rings is 2. The molecule has 0 fully saturated rings. The largest absolute Gasteiger partial charge is 0.289 e. The molecule has 2 aromatic carbocycles. The Morgan fingerprint density at radius 2 is 1.81 bits per heavy atom. The molecular formula is C22H19FN2OS. The fourth-order valence-corrected chi connectivity index (χ4v) is 4.18. The molecule has 0 spiro atoms. The molecule has 4 rings (SSSR count). The highest BCUT2D eigenvalue weighted by Gasteiger charge is 2.18. The second-order valence-electron chi connectivity index (χ2n) is 6.58. The van der Waals surface area contributed by atoms with Gasteiger partial charge in [0.25, 0.3) is 5.56 Å². The second kappa shape index (κ2) is 7.08. The van der Waals surface area contributed by atoms with Crippen LogP contribution in [-0.4, -0.2) is 16.2 Å². The maximum absolute atomic E-state index is 13.3. The fraction of sp³-hybridized carbons (Fsp3) is 0.182. The van der Waals surface area contributed by atoms with Crippen LogP contribution in [0.1, 0.15) is 11.1 Å². The first kappa shape index (κ1) is 17.6. The summed E-state index contributed by atoms with van der Waals surface area (Å²) in [4.78, 5) is 18.7. The number of hydrogen-bond acceptors (Lipinski definition) is 3. The van der Waals surface area contributed by atoms with E-state index in [9.17, 15) is 9.18 Å². The van der Waals surface area contributed by atoms with Crippen molar-refractivity contribution in [1.29, 1.82) is 0 Å². The Morgan fingerprint density at radius 3 is 2.52 bits per heavy atom. The Hall–Kier alpha value is -2.79. The topological polar surface area (TPSA) is 34.9 Å². The Labute approximate surface area is 160 Å². The lowest BCUT2D eigenvalue weighted by molar-refractivity contribution is 0.441.